The minimum Gasteiger partial charge on any atom is -0.410 e. The van der Waals surface area contributed by atoms with Crippen LogP contribution in [0.1, 0.15) is 63.9 Å². The lowest BCUT2D eigenvalue weighted by Gasteiger charge is -2.34. The number of allylic oxidation sites excluding steroid dienone is 12. The van der Waals surface area contributed by atoms with Crippen LogP contribution in [0, 0.1) is 0 Å². The number of aliphatic imine (C=N–C) groups is 2. The molecule has 4 N–H and O–H groups in total. The molecule has 0 aromatic heterocycles. The van der Waals surface area contributed by atoms with E-state index in [1.54, 1.807) is 36.0 Å². The van der Waals surface area contributed by atoms with E-state index in [0.717, 1.165) is 44.1 Å². The van der Waals surface area contributed by atoms with E-state index < -0.39 is 6.09 Å². The summed E-state index contributed by atoms with van der Waals surface area (Å²) in [5.41, 5.74) is 12.4. The number of ether oxygens (including phenoxy) is 1. The molecular formula is C38H55N7O3. The monoisotopic (exact) mass is 657 g/mol. The highest BCUT2D eigenvalue weighted by Crippen LogP contribution is 2.15. The van der Waals surface area contributed by atoms with Crippen molar-refractivity contribution in [2.24, 2.45) is 21.5 Å². The van der Waals surface area contributed by atoms with Gasteiger partial charge < -0.3 is 30.9 Å². The van der Waals surface area contributed by atoms with Crippen molar-refractivity contribution >= 4 is 23.9 Å². The van der Waals surface area contributed by atoms with E-state index in [4.69, 9.17) is 16.2 Å². The molecule has 1 heterocycles. The molecule has 0 spiro atoms. The molecule has 0 saturated carbocycles. The van der Waals surface area contributed by atoms with Crippen molar-refractivity contribution in [1.82, 2.24) is 14.7 Å². The molecule has 1 saturated heterocycles. The molecule has 48 heavy (non-hydrogen) atoms. The first kappa shape index (κ1) is 39.3. The third kappa shape index (κ3) is 17.7. The van der Waals surface area contributed by atoms with Crippen molar-refractivity contribution < 1.29 is 14.3 Å². The van der Waals surface area contributed by atoms with Crippen molar-refractivity contribution in [3.05, 3.63) is 103 Å². The van der Waals surface area contributed by atoms with Gasteiger partial charge in [-0.05, 0) is 62.6 Å². The van der Waals surface area contributed by atoms with Gasteiger partial charge in [0.15, 0.2) is 5.96 Å². The summed E-state index contributed by atoms with van der Waals surface area (Å²) in [4.78, 5) is 38.6. The van der Waals surface area contributed by atoms with Crippen molar-refractivity contribution in [2.45, 2.75) is 64.8 Å². The van der Waals surface area contributed by atoms with Gasteiger partial charge in [-0.2, -0.15) is 4.99 Å². The van der Waals surface area contributed by atoms with Gasteiger partial charge in [-0.3, -0.25) is 4.79 Å². The Morgan fingerprint density at radius 1 is 0.750 bits per heavy atom. The molecular weight excluding hydrogens is 602 g/mol. The molecule has 1 aliphatic rings. The van der Waals surface area contributed by atoms with E-state index in [2.05, 4.69) is 89.8 Å². The van der Waals surface area contributed by atoms with Gasteiger partial charge in [0, 0.05) is 46.7 Å². The Morgan fingerprint density at radius 3 is 1.73 bits per heavy atom. The van der Waals surface area contributed by atoms with Crippen LogP contribution in [-0.4, -0.2) is 78.9 Å². The fraction of sp³-hybridized carbons (Fsp3) is 0.421. The lowest BCUT2D eigenvalue weighted by Crippen LogP contribution is -2.51. The smallest absolute Gasteiger partial charge is 0.410 e. The number of amides is 2. The molecule has 1 aromatic carbocycles. The second-order valence-corrected chi connectivity index (χ2v) is 11.4. The number of nitrogens with zero attached hydrogens (tertiary/aromatic N) is 5. The molecule has 1 aromatic rings. The van der Waals surface area contributed by atoms with Gasteiger partial charge in [0.05, 0.1) is 6.54 Å². The van der Waals surface area contributed by atoms with Crippen molar-refractivity contribution in [3.63, 3.8) is 0 Å². The van der Waals surface area contributed by atoms with Crippen LogP contribution in [0.5, 0.6) is 5.75 Å². The highest BCUT2D eigenvalue weighted by atomic mass is 16.6. The van der Waals surface area contributed by atoms with Gasteiger partial charge in [-0.25, -0.2) is 9.79 Å². The summed E-state index contributed by atoms with van der Waals surface area (Å²) in [5.74, 6) is 0.898. The van der Waals surface area contributed by atoms with Crippen molar-refractivity contribution in [2.75, 3.05) is 40.3 Å². The van der Waals surface area contributed by atoms with E-state index in [1.807, 2.05) is 17.0 Å². The summed E-state index contributed by atoms with van der Waals surface area (Å²) in [6, 6.07) is 7.05. The number of guanidine groups is 2. The zero-order valence-corrected chi connectivity index (χ0v) is 29.0. The van der Waals surface area contributed by atoms with E-state index in [0.29, 0.717) is 51.3 Å². The van der Waals surface area contributed by atoms with Gasteiger partial charge in [-0.1, -0.05) is 92.0 Å². The number of piperazine rings is 1. The number of carbonyl (C=O) groups is 2. The first-order valence-corrected chi connectivity index (χ1v) is 16.8. The van der Waals surface area contributed by atoms with Crippen molar-refractivity contribution in [3.8, 4) is 5.75 Å². The zero-order valence-electron chi connectivity index (χ0n) is 29.0. The molecule has 10 heteroatoms. The van der Waals surface area contributed by atoms with Crippen LogP contribution in [0.4, 0.5) is 4.79 Å². The number of rotatable bonds is 17. The lowest BCUT2D eigenvalue weighted by molar-refractivity contribution is -0.132. The summed E-state index contributed by atoms with van der Waals surface area (Å²) in [7, 11) is 3.53. The van der Waals surface area contributed by atoms with Crippen LogP contribution in [-0.2, 0) is 11.3 Å². The fourth-order valence-electron chi connectivity index (χ4n) is 4.40. The first-order valence-electron chi connectivity index (χ1n) is 16.8. The Hall–Kier alpha value is -4.86. The fourth-order valence-corrected chi connectivity index (χ4v) is 4.40. The second kappa shape index (κ2) is 24.3. The molecule has 1 fully saturated rings. The summed E-state index contributed by atoms with van der Waals surface area (Å²) >= 11 is 0. The third-order valence-corrected chi connectivity index (χ3v) is 7.25. The maximum atomic E-state index is 12.7. The van der Waals surface area contributed by atoms with Gasteiger partial charge >= 0.3 is 6.09 Å². The number of hydrogen-bond donors (Lipinski definition) is 2. The highest BCUT2D eigenvalue weighted by molar-refractivity contribution is 5.93. The Labute approximate surface area is 287 Å². The minimum atomic E-state index is -0.427. The normalized spacial score (nSPS) is 15.0. The number of carbonyl (C=O) groups excluding carboxylic acids is 2. The maximum Gasteiger partial charge on any atom is 0.415 e. The summed E-state index contributed by atoms with van der Waals surface area (Å²) in [6.07, 6.45) is 32.6. The second-order valence-electron chi connectivity index (χ2n) is 11.4. The third-order valence-electron chi connectivity index (χ3n) is 7.25. The summed E-state index contributed by atoms with van der Waals surface area (Å²) < 4.78 is 5.54. The molecule has 260 valence electrons. The SMILES string of the molecule is CCC=CCC=CCC=CCC=CCC=CCC=CCCC(=O)N1CCN(C(=O)Oc2ccc(CN=C(N)N=C(N)N(C)C)cc2)CC1. The van der Waals surface area contributed by atoms with Gasteiger partial charge in [0.1, 0.15) is 5.75 Å². The molecule has 1 aliphatic heterocycles. The average Bonchev–Trinajstić information content (AvgIpc) is 3.08. The average molecular weight is 658 g/mol. The lowest BCUT2D eigenvalue weighted by atomic mass is 10.2. The Kier molecular flexibility index (Phi) is 19.9. The molecule has 2 rings (SSSR count). The van der Waals surface area contributed by atoms with Gasteiger partial charge in [-0.15, -0.1) is 0 Å². The largest absolute Gasteiger partial charge is 0.415 e. The van der Waals surface area contributed by atoms with Crippen LogP contribution in [0.3, 0.4) is 0 Å². The predicted molar refractivity (Wildman–Crippen MR) is 199 cm³/mol. The van der Waals surface area contributed by atoms with Crippen LogP contribution >= 0.6 is 0 Å². The molecule has 0 atom stereocenters. The summed E-state index contributed by atoms with van der Waals surface area (Å²) in [6.45, 7) is 4.34. The van der Waals surface area contributed by atoms with E-state index in [9.17, 15) is 9.59 Å². The van der Waals surface area contributed by atoms with E-state index >= 15 is 0 Å². The zero-order chi connectivity index (χ0) is 34.8. The molecule has 0 unspecified atom stereocenters. The Balaban J connectivity index is 1.57. The number of benzene rings is 1. The minimum absolute atomic E-state index is 0.0861. The number of hydrogen-bond acceptors (Lipinski definition) is 4. The molecule has 0 bridgehead atoms. The van der Waals surface area contributed by atoms with E-state index in [-0.39, 0.29) is 17.8 Å². The van der Waals surface area contributed by atoms with Crippen LogP contribution < -0.4 is 16.2 Å². The molecule has 0 aliphatic carbocycles. The molecule has 0 radical (unpaired) electrons. The van der Waals surface area contributed by atoms with Crippen LogP contribution in [0.2, 0.25) is 0 Å². The number of nitrogens with two attached hydrogens (primary N) is 2. The predicted octanol–water partition coefficient (Wildman–Crippen LogP) is 6.50. The van der Waals surface area contributed by atoms with Crippen molar-refractivity contribution in [1.29, 1.82) is 0 Å². The maximum absolute atomic E-state index is 12.7. The van der Waals surface area contributed by atoms with Gasteiger partial charge in [0.2, 0.25) is 11.9 Å². The Morgan fingerprint density at radius 2 is 1.23 bits per heavy atom. The summed E-state index contributed by atoms with van der Waals surface area (Å²) in [5, 5.41) is 0. The van der Waals surface area contributed by atoms with Crippen LogP contribution in [0.15, 0.2) is 107 Å². The Bertz CT molecular complexity index is 1330. The first-order chi connectivity index (χ1) is 23.3. The standard InChI is InChI=1S/C38H55N7O3/c1-4-5-6-7-8-9-10-11-12-13-14-15-16-17-18-19-20-21-22-23-35(46)44-28-30-45(31-29-44)38(47)48-34-26-24-33(25-27-34)32-41-36(39)42-37(40)43(2)3/h5-6,8-9,11-12,14-15,17-18,20-21,24-27H,4,7,10,13,16,19,22-23,28-32H2,1-3H3,(H4,39,40,41,42). The van der Waals surface area contributed by atoms with E-state index in [1.165, 1.54) is 0 Å². The molecule has 10 nitrogen and oxygen atoms in total. The topological polar surface area (TPSA) is 130 Å². The highest BCUT2D eigenvalue weighted by Gasteiger charge is 2.25. The van der Waals surface area contributed by atoms with Gasteiger partial charge in [0.25, 0.3) is 0 Å². The quantitative estimate of drug-likeness (QED) is 0.112. The van der Waals surface area contributed by atoms with Crippen LogP contribution in [0.25, 0.3) is 0 Å². The molecule has 2 amide bonds.